The molecule has 0 radical (unpaired) electrons. The molecule has 0 bridgehead atoms. The Morgan fingerprint density at radius 1 is 1.60 bits per heavy atom. The van der Waals surface area contributed by atoms with E-state index in [4.69, 9.17) is 5.53 Å². The molecule has 4 heteroatoms. The van der Waals surface area contributed by atoms with Gasteiger partial charge in [-0.05, 0) is 6.42 Å². The van der Waals surface area contributed by atoms with E-state index in [1.54, 1.807) is 0 Å². The average molecular weight is 160 g/mol. The Morgan fingerprint density at radius 3 is 2.80 bits per heavy atom. The number of rotatable bonds is 5. The Bertz CT molecular complexity index is 152. The van der Waals surface area contributed by atoms with Crippen molar-refractivity contribution in [2.75, 3.05) is 6.16 Å². The second-order valence-electron chi connectivity index (χ2n) is 2.17. The van der Waals surface area contributed by atoms with Crippen molar-refractivity contribution in [3.8, 4) is 0 Å². The molecular weight excluding hydrogens is 147 g/mol. The lowest BCUT2D eigenvalue weighted by Gasteiger charge is -1.90. The smallest absolute Gasteiger partial charge is 0.310 e. The molecule has 0 heterocycles. The molecule has 0 aliphatic carbocycles. The molecule has 0 saturated heterocycles. The normalized spacial score (nSPS) is 12.1. The SMILES string of the molecule is CCCCC[PH](=O)C=[N+]=[N-]. The topological polar surface area (TPSA) is 53.5 Å². The van der Waals surface area contributed by atoms with Gasteiger partial charge in [0, 0.05) is 6.16 Å². The molecule has 0 amide bonds. The van der Waals surface area contributed by atoms with Crippen LogP contribution in [0.1, 0.15) is 26.2 Å². The van der Waals surface area contributed by atoms with Gasteiger partial charge in [0.1, 0.15) is 0 Å². The molecule has 0 aliphatic heterocycles. The highest BCUT2D eigenvalue weighted by atomic mass is 31.1. The summed E-state index contributed by atoms with van der Waals surface area (Å²) in [4.78, 5) is 2.72. The maximum Gasteiger partial charge on any atom is 0.310 e. The monoisotopic (exact) mass is 160 g/mol. The highest BCUT2D eigenvalue weighted by molar-refractivity contribution is 7.60. The van der Waals surface area contributed by atoms with Gasteiger partial charge in [-0.25, -0.2) is 0 Å². The molecule has 0 saturated carbocycles. The predicted octanol–water partition coefficient (Wildman–Crippen LogP) is 1.99. The van der Waals surface area contributed by atoms with Crippen LogP contribution in [0.25, 0.3) is 5.53 Å². The lowest BCUT2D eigenvalue weighted by molar-refractivity contribution is 0.00763. The third-order valence-electron chi connectivity index (χ3n) is 1.23. The Hall–Kier alpha value is -0.390. The summed E-state index contributed by atoms with van der Waals surface area (Å²) in [5.74, 6) is 1.14. The second-order valence-corrected chi connectivity index (χ2v) is 3.86. The van der Waals surface area contributed by atoms with Crippen LogP contribution >= 0.6 is 7.80 Å². The third kappa shape index (κ3) is 5.74. The number of hydrogen-bond acceptors (Lipinski definition) is 1. The summed E-state index contributed by atoms with van der Waals surface area (Å²) in [6.45, 7) is 2.09. The van der Waals surface area contributed by atoms with Gasteiger partial charge in [-0.2, -0.15) is 4.79 Å². The lowest BCUT2D eigenvalue weighted by Crippen LogP contribution is -1.79. The molecule has 0 rings (SSSR count). The van der Waals surface area contributed by atoms with Crippen molar-refractivity contribution in [2.45, 2.75) is 26.2 Å². The van der Waals surface area contributed by atoms with E-state index in [9.17, 15) is 4.57 Å². The summed E-state index contributed by atoms with van der Waals surface area (Å²) in [5, 5.41) is 0. The fourth-order valence-corrected chi connectivity index (χ4v) is 1.53. The van der Waals surface area contributed by atoms with E-state index in [0.29, 0.717) is 6.16 Å². The average Bonchev–Trinajstić information content (AvgIpc) is 1.89. The fourth-order valence-electron chi connectivity index (χ4n) is 0.678. The quantitative estimate of drug-likeness (QED) is 0.199. The number of unbranched alkanes of at least 4 members (excludes halogenated alkanes) is 2. The first-order valence-corrected chi connectivity index (χ1v) is 5.20. The maximum absolute atomic E-state index is 10.8. The van der Waals surface area contributed by atoms with E-state index < -0.39 is 7.80 Å². The van der Waals surface area contributed by atoms with Crippen LogP contribution in [0.3, 0.4) is 0 Å². The standard InChI is InChI=1S/C6H13N2OP/c1-2-3-4-5-10(9)6-8-7/h6,10H,2-5H2,1H3. The second kappa shape index (κ2) is 6.73. The van der Waals surface area contributed by atoms with Crippen LogP contribution in [-0.4, -0.2) is 16.9 Å². The molecule has 58 valence electrons. The molecule has 0 N–H and O–H groups in total. The molecule has 0 aliphatic rings. The highest BCUT2D eigenvalue weighted by Gasteiger charge is 1.97. The van der Waals surface area contributed by atoms with Gasteiger partial charge in [-0.1, -0.05) is 19.8 Å². The first kappa shape index (κ1) is 9.61. The molecule has 0 aromatic heterocycles. The maximum atomic E-state index is 10.8. The van der Waals surface area contributed by atoms with Crippen LogP contribution in [0.4, 0.5) is 0 Å². The van der Waals surface area contributed by atoms with Crippen molar-refractivity contribution in [1.82, 2.24) is 0 Å². The zero-order valence-electron chi connectivity index (χ0n) is 6.21. The van der Waals surface area contributed by atoms with Crippen molar-refractivity contribution in [3.05, 3.63) is 5.53 Å². The fraction of sp³-hybridized carbons (Fsp3) is 0.833. The van der Waals surface area contributed by atoms with E-state index in [1.807, 2.05) is 0 Å². The van der Waals surface area contributed by atoms with Crippen molar-refractivity contribution in [2.24, 2.45) is 0 Å². The minimum absolute atomic E-state index is 0.683. The minimum Gasteiger partial charge on any atom is -0.361 e. The number of hydrogen-bond donors (Lipinski definition) is 0. The summed E-state index contributed by atoms with van der Waals surface area (Å²) < 4.78 is 10.8. The van der Waals surface area contributed by atoms with E-state index in [-0.39, 0.29) is 0 Å². The Morgan fingerprint density at radius 2 is 2.30 bits per heavy atom. The summed E-state index contributed by atoms with van der Waals surface area (Å²) in [6, 6.07) is 0. The van der Waals surface area contributed by atoms with Crippen molar-refractivity contribution in [1.29, 1.82) is 0 Å². The van der Waals surface area contributed by atoms with Crippen LogP contribution in [0.5, 0.6) is 0 Å². The van der Waals surface area contributed by atoms with Gasteiger partial charge in [0.15, 0.2) is 7.80 Å². The Kier molecular flexibility index (Phi) is 6.46. The van der Waals surface area contributed by atoms with Crippen LogP contribution in [0.15, 0.2) is 0 Å². The summed E-state index contributed by atoms with van der Waals surface area (Å²) in [6.07, 6.45) is 3.89. The molecule has 3 nitrogen and oxygen atoms in total. The van der Waals surface area contributed by atoms with Gasteiger partial charge in [0.05, 0.1) is 0 Å². The van der Waals surface area contributed by atoms with E-state index in [0.717, 1.165) is 25.2 Å². The zero-order valence-corrected chi connectivity index (χ0v) is 7.21. The molecule has 1 unspecified atom stereocenters. The summed E-state index contributed by atoms with van der Waals surface area (Å²) in [5.41, 5.74) is 7.99. The van der Waals surface area contributed by atoms with Gasteiger partial charge >= 0.3 is 5.96 Å². The van der Waals surface area contributed by atoms with Crippen LogP contribution in [0.2, 0.25) is 0 Å². The molecule has 0 spiro atoms. The van der Waals surface area contributed by atoms with Gasteiger partial charge < -0.3 is 10.1 Å². The van der Waals surface area contributed by atoms with Crippen molar-refractivity contribution < 1.29 is 9.35 Å². The van der Waals surface area contributed by atoms with Crippen LogP contribution < -0.4 is 0 Å². The van der Waals surface area contributed by atoms with Gasteiger partial charge in [0.25, 0.3) is 0 Å². The van der Waals surface area contributed by atoms with Gasteiger partial charge in [-0.3, -0.25) is 0 Å². The first-order chi connectivity index (χ1) is 4.81. The molecular formula is C6H13N2OP. The van der Waals surface area contributed by atoms with Crippen molar-refractivity contribution >= 4 is 13.8 Å². The summed E-state index contributed by atoms with van der Waals surface area (Å²) >= 11 is 0. The predicted molar refractivity (Wildman–Crippen MR) is 43.1 cm³/mol. The Balaban J connectivity index is 3.31. The largest absolute Gasteiger partial charge is 0.361 e. The van der Waals surface area contributed by atoms with Gasteiger partial charge in [-0.15, -0.1) is 0 Å². The molecule has 10 heavy (non-hydrogen) atoms. The van der Waals surface area contributed by atoms with Crippen LogP contribution in [-0.2, 0) is 4.57 Å². The van der Waals surface area contributed by atoms with Gasteiger partial charge in [0.2, 0.25) is 0 Å². The number of nitrogens with zero attached hydrogens (tertiary/aromatic N) is 2. The molecule has 1 atom stereocenters. The van der Waals surface area contributed by atoms with E-state index in [2.05, 4.69) is 11.7 Å². The van der Waals surface area contributed by atoms with E-state index >= 15 is 0 Å². The minimum atomic E-state index is -1.70. The van der Waals surface area contributed by atoms with Crippen LogP contribution in [0, 0.1) is 0 Å². The lowest BCUT2D eigenvalue weighted by atomic mass is 10.3. The summed E-state index contributed by atoms with van der Waals surface area (Å²) in [7, 11) is -1.70. The zero-order chi connectivity index (χ0) is 7.82. The van der Waals surface area contributed by atoms with E-state index in [1.165, 1.54) is 0 Å². The molecule has 0 aromatic carbocycles. The molecule has 0 fully saturated rings. The molecule has 0 aromatic rings. The third-order valence-corrected chi connectivity index (χ3v) is 2.48. The first-order valence-electron chi connectivity index (χ1n) is 3.51. The van der Waals surface area contributed by atoms with Crippen molar-refractivity contribution in [3.63, 3.8) is 0 Å². The Labute approximate surface area is 61.9 Å². The highest BCUT2D eigenvalue weighted by Crippen LogP contribution is 2.17.